The summed E-state index contributed by atoms with van der Waals surface area (Å²) in [5, 5.41) is 2.95. The van der Waals surface area contributed by atoms with Crippen molar-refractivity contribution in [2.45, 2.75) is 20.4 Å². The summed E-state index contributed by atoms with van der Waals surface area (Å²) in [7, 11) is 1.77. The second-order valence-electron chi connectivity index (χ2n) is 4.42. The van der Waals surface area contributed by atoms with Crippen LogP contribution < -0.4 is 10.9 Å². The number of benzene rings is 1. The third-order valence-electron chi connectivity index (χ3n) is 2.86. The van der Waals surface area contributed by atoms with Gasteiger partial charge in [-0.05, 0) is 19.4 Å². The van der Waals surface area contributed by atoms with E-state index in [9.17, 15) is 4.79 Å². The Balaban J connectivity index is 2.36. The van der Waals surface area contributed by atoms with Crippen molar-refractivity contribution in [1.29, 1.82) is 0 Å². The molecule has 1 N–H and O–H groups in total. The van der Waals surface area contributed by atoms with Crippen LogP contribution in [0.3, 0.4) is 0 Å². The maximum absolute atomic E-state index is 11.5. The quantitative estimate of drug-likeness (QED) is 0.896. The average molecular weight is 243 g/mol. The largest absolute Gasteiger partial charge is 0.359 e. The number of hydrogen-bond donors (Lipinski definition) is 1. The fourth-order valence-electron chi connectivity index (χ4n) is 1.81. The van der Waals surface area contributed by atoms with Crippen LogP contribution in [-0.4, -0.2) is 16.6 Å². The molecule has 1 aromatic heterocycles. The van der Waals surface area contributed by atoms with Crippen LogP contribution in [0.4, 0.5) is 5.95 Å². The van der Waals surface area contributed by atoms with Gasteiger partial charge >= 0.3 is 0 Å². The van der Waals surface area contributed by atoms with Crippen molar-refractivity contribution in [3.05, 3.63) is 57.5 Å². The predicted octanol–water partition coefficient (Wildman–Crippen LogP) is 1.95. The molecule has 0 aliphatic heterocycles. The monoisotopic (exact) mass is 243 g/mol. The van der Waals surface area contributed by atoms with Gasteiger partial charge in [-0.1, -0.05) is 29.8 Å². The highest BCUT2D eigenvalue weighted by Crippen LogP contribution is 2.09. The normalized spacial score (nSPS) is 10.4. The van der Waals surface area contributed by atoms with Gasteiger partial charge in [-0.3, -0.25) is 4.79 Å². The molecule has 4 nitrogen and oxygen atoms in total. The molecule has 0 unspecified atom stereocenters. The highest BCUT2D eigenvalue weighted by molar-refractivity contribution is 5.29. The first-order valence-corrected chi connectivity index (χ1v) is 5.91. The molecule has 1 heterocycles. The van der Waals surface area contributed by atoms with Gasteiger partial charge in [-0.15, -0.1) is 0 Å². The van der Waals surface area contributed by atoms with Crippen molar-refractivity contribution in [3.63, 3.8) is 0 Å². The van der Waals surface area contributed by atoms with Gasteiger partial charge in [0, 0.05) is 18.8 Å². The summed E-state index contributed by atoms with van der Waals surface area (Å²) < 4.78 is 1.95. The Morgan fingerprint density at radius 2 is 1.89 bits per heavy atom. The summed E-state index contributed by atoms with van der Waals surface area (Å²) in [6.45, 7) is 4.54. The first-order valence-electron chi connectivity index (χ1n) is 5.91. The topological polar surface area (TPSA) is 46.9 Å². The average Bonchev–Trinajstić information content (AvgIpc) is 2.36. The van der Waals surface area contributed by atoms with Crippen molar-refractivity contribution < 1.29 is 0 Å². The lowest BCUT2D eigenvalue weighted by molar-refractivity contribution is 0.763. The molecule has 2 aromatic rings. The highest BCUT2D eigenvalue weighted by Gasteiger charge is 2.04. The second kappa shape index (κ2) is 5.04. The third-order valence-corrected chi connectivity index (χ3v) is 2.86. The summed E-state index contributed by atoms with van der Waals surface area (Å²) in [5.74, 6) is 0.589. The van der Waals surface area contributed by atoms with E-state index in [1.807, 2.05) is 10.8 Å². The fraction of sp³-hybridized carbons (Fsp3) is 0.286. The van der Waals surface area contributed by atoms with Crippen LogP contribution in [0, 0.1) is 13.8 Å². The van der Waals surface area contributed by atoms with E-state index in [2.05, 4.69) is 41.5 Å². The summed E-state index contributed by atoms with van der Waals surface area (Å²) in [4.78, 5) is 15.5. The molecule has 18 heavy (non-hydrogen) atoms. The molecule has 0 aliphatic rings. The van der Waals surface area contributed by atoms with E-state index in [1.54, 1.807) is 14.0 Å². The van der Waals surface area contributed by atoms with Crippen molar-refractivity contribution in [2.24, 2.45) is 0 Å². The van der Waals surface area contributed by atoms with E-state index in [0.29, 0.717) is 18.1 Å². The fourth-order valence-corrected chi connectivity index (χ4v) is 1.81. The molecular weight excluding hydrogens is 226 g/mol. The Morgan fingerprint density at radius 3 is 2.50 bits per heavy atom. The van der Waals surface area contributed by atoms with Crippen molar-refractivity contribution in [3.8, 4) is 0 Å². The number of nitrogens with zero attached hydrogens (tertiary/aromatic N) is 2. The van der Waals surface area contributed by atoms with Crippen LogP contribution in [-0.2, 0) is 6.54 Å². The Bertz CT molecular complexity index is 599. The third kappa shape index (κ3) is 2.59. The van der Waals surface area contributed by atoms with Gasteiger partial charge < -0.3 is 9.88 Å². The molecule has 94 valence electrons. The molecule has 1 aromatic carbocycles. The Labute approximate surface area is 106 Å². The van der Waals surface area contributed by atoms with Gasteiger partial charge in [0.25, 0.3) is 5.56 Å². The number of aromatic nitrogens is 2. The molecule has 0 amide bonds. The van der Waals surface area contributed by atoms with Gasteiger partial charge in [0.15, 0.2) is 0 Å². The summed E-state index contributed by atoms with van der Waals surface area (Å²) in [6.07, 6.45) is 1.83. The van der Waals surface area contributed by atoms with Crippen LogP contribution in [0.15, 0.2) is 35.3 Å². The number of anilines is 1. The summed E-state index contributed by atoms with van der Waals surface area (Å²) >= 11 is 0. The zero-order chi connectivity index (χ0) is 13.1. The number of hydrogen-bond acceptors (Lipinski definition) is 3. The smallest absolute Gasteiger partial charge is 0.277 e. The van der Waals surface area contributed by atoms with Crippen molar-refractivity contribution >= 4 is 5.95 Å². The van der Waals surface area contributed by atoms with E-state index >= 15 is 0 Å². The Kier molecular flexibility index (Phi) is 3.46. The van der Waals surface area contributed by atoms with Gasteiger partial charge in [-0.2, -0.15) is 4.98 Å². The summed E-state index contributed by atoms with van der Waals surface area (Å²) in [6, 6.07) is 8.33. The lowest BCUT2D eigenvalue weighted by Gasteiger charge is -2.12. The van der Waals surface area contributed by atoms with Gasteiger partial charge in [0.1, 0.15) is 0 Å². The standard InChI is InChI=1S/C14H17N3O/c1-10-4-6-12(7-5-10)9-17-8-11(2)13(18)16-14(17)15-3/h4-8H,9H2,1-3H3,(H,15,16,18). The van der Waals surface area contributed by atoms with Crippen LogP contribution in [0.1, 0.15) is 16.7 Å². The Hall–Kier alpha value is -2.10. The zero-order valence-corrected chi connectivity index (χ0v) is 10.9. The maximum Gasteiger partial charge on any atom is 0.277 e. The zero-order valence-electron chi connectivity index (χ0n) is 10.9. The molecule has 0 fully saturated rings. The van der Waals surface area contributed by atoms with Crippen LogP contribution >= 0.6 is 0 Å². The molecule has 0 atom stereocenters. The number of aryl methyl sites for hydroxylation is 2. The Morgan fingerprint density at radius 1 is 1.22 bits per heavy atom. The van der Waals surface area contributed by atoms with E-state index in [4.69, 9.17) is 0 Å². The predicted molar refractivity (Wildman–Crippen MR) is 73.1 cm³/mol. The molecule has 0 radical (unpaired) electrons. The van der Waals surface area contributed by atoms with E-state index in [-0.39, 0.29) is 5.56 Å². The molecule has 0 aliphatic carbocycles. The number of nitrogens with one attached hydrogen (secondary N) is 1. The molecule has 2 rings (SSSR count). The van der Waals surface area contributed by atoms with Gasteiger partial charge in [0.2, 0.25) is 5.95 Å². The minimum absolute atomic E-state index is 0.181. The molecule has 0 saturated heterocycles. The number of rotatable bonds is 3. The lowest BCUT2D eigenvalue weighted by Crippen LogP contribution is -2.19. The lowest BCUT2D eigenvalue weighted by atomic mass is 10.1. The molecule has 0 saturated carbocycles. The molecule has 0 bridgehead atoms. The van der Waals surface area contributed by atoms with Crippen molar-refractivity contribution in [2.75, 3.05) is 12.4 Å². The first kappa shape index (κ1) is 12.4. The minimum Gasteiger partial charge on any atom is -0.359 e. The highest BCUT2D eigenvalue weighted by atomic mass is 16.1. The first-order chi connectivity index (χ1) is 8.60. The van der Waals surface area contributed by atoms with Crippen LogP contribution in [0.5, 0.6) is 0 Å². The summed E-state index contributed by atoms with van der Waals surface area (Å²) in [5.41, 5.74) is 2.89. The van der Waals surface area contributed by atoms with Gasteiger partial charge in [-0.25, -0.2) is 0 Å². The molecule has 4 heteroatoms. The molecular formula is C14H17N3O. The maximum atomic E-state index is 11.5. The second-order valence-corrected chi connectivity index (χ2v) is 4.42. The minimum atomic E-state index is -0.181. The SMILES string of the molecule is CNc1nc(=O)c(C)cn1Cc1ccc(C)cc1. The van der Waals surface area contributed by atoms with Crippen molar-refractivity contribution in [1.82, 2.24) is 9.55 Å². The van der Waals surface area contributed by atoms with E-state index < -0.39 is 0 Å². The van der Waals surface area contributed by atoms with Crippen LogP contribution in [0.2, 0.25) is 0 Å². The van der Waals surface area contributed by atoms with E-state index in [1.165, 1.54) is 11.1 Å². The van der Waals surface area contributed by atoms with Gasteiger partial charge in [0.05, 0.1) is 6.54 Å². The molecule has 0 spiro atoms. The van der Waals surface area contributed by atoms with Crippen LogP contribution in [0.25, 0.3) is 0 Å². The van der Waals surface area contributed by atoms with E-state index in [0.717, 1.165) is 0 Å².